The molecule has 2 atom stereocenters. The molecule has 0 aliphatic rings. The van der Waals surface area contributed by atoms with Gasteiger partial charge >= 0.3 is 0 Å². The van der Waals surface area contributed by atoms with Gasteiger partial charge in [0.2, 0.25) is 0 Å². The monoisotopic (exact) mass is 235 g/mol. The number of aliphatic hydroxyl groups is 1. The van der Waals surface area contributed by atoms with Gasteiger partial charge in [0.15, 0.2) is 0 Å². The summed E-state index contributed by atoms with van der Waals surface area (Å²) in [4.78, 5) is 4.09. The Balaban J connectivity index is 2.64. The van der Waals surface area contributed by atoms with Crippen LogP contribution in [-0.4, -0.2) is 10.1 Å². The first-order valence-corrected chi connectivity index (χ1v) is 6.73. The Morgan fingerprint density at radius 1 is 1.41 bits per heavy atom. The Morgan fingerprint density at radius 2 is 2.18 bits per heavy atom. The predicted molar refractivity (Wildman–Crippen MR) is 71.7 cm³/mol. The molecule has 0 amide bonds. The number of nitrogens with zero attached hydrogens (tertiary/aromatic N) is 1. The fourth-order valence-corrected chi connectivity index (χ4v) is 2.30. The average Bonchev–Trinajstić information content (AvgIpc) is 2.35. The lowest BCUT2D eigenvalue weighted by atomic mass is 9.83. The lowest BCUT2D eigenvalue weighted by Crippen LogP contribution is -2.25. The number of unbranched alkanes of at least 4 members (excludes halogenated alkanes) is 1. The van der Waals surface area contributed by atoms with Gasteiger partial charge in [-0.1, -0.05) is 45.6 Å². The van der Waals surface area contributed by atoms with Crippen molar-refractivity contribution < 1.29 is 5.11 Å². The normalized spacial score (nSPS) is 16.5. The predicted octanol–water partition coefficient (Wildman–Crippen LogP) is 3.90. The maximum absolute atomic E-state index is 10.5. The highest BCUT2D eigenvalue weighted by atomic mass is 16.3. The zero-order chi connectivity index (χ0) is 12.7. The summed E-state index contributed by atoms with van der Waals surface area (Å²) >= 11 is 0. The van der Waals surface area contributed by atoms with E-state index in [1.54, 1.807) is 12.4 Å². The minimum atomic E-state index is -0.747. The van der Waals surface area contributed by atoms with Crippen LogP contribution in [0.15, 0.2) is 24.5 Å². The first-order valence-electron chi connectivity index (χ1n) is 6.73. The van der Waals surface area contributed by atoms with Gasteiger partial charge in [-0.05, 0) is 25.3 Å². The molecule has 0 saturated heterocycles. The summed E-state index contributed by atoms with van der Waals surface area (Å²) < 4.78 is 0. The molecule has 96 valence electrons. The molecular formula is C15H25NO. The summed E-state index contributed by atoms with van der Waals surface area (Å²) in [6.07, 6.45) is 9.17. The molecule has 0 fully saturated rings. The third kappa shape index (κ3) is 4.47. The van der Waals surface area contributed by atoms with E-state index in [0.29, 0.717) is 5.92 Å². The molecule has 2 heteroatoms. The van der Waals surface area contributed by atoms with Crippen molar-refractivity contribution in [3.63, 3.8) is 0 Å². The van der Waals surface area contributed by atoms with E-state index in [1.807, 2.05) is 19.1 Å². The SMILES string of the molecule is CCCCC(CC)CC(C)(O)c1cccnc1. The number of aromatic nitrogens is 1. The van der Waals surface area contributed by atoms with Crippen molar-refractivity contribution in [2.75, 3.05) is 0 Å². The standard InChI is InChI=1S/C15H25NO/c1-4-6-8-13(5-2)11-15(3,17)14-9-7-10-16-12-14/h7,9-10,12-13,17H,4-6,8,11H2,1-3H3. The molecule has 0 bridgehead atoms. The van der Waals surface area contributed by atoms with Gasteiger partial charge in [-0.2, -0.15) is 0 Å². The molecule has 0 aliphatic heterocycles. The van der Waals surface area contributed by atoms with E-state index >= 15 is 0 Å². The van der Waals surface area contributed by atoms with Crippen LogP contribution in [0.1, 0.15) is 58.4 Å². The molecular weight excluding hydrogens is 210 g/mol. The van der Waals surface area contributed by atoms with E-state index < -0.39 is 5.60 Å². The van der Waals surface area contributed by atoms with Crippen LogP contribution in [0.3, 0.4) is 0 Å². The molecule has 2 unspecified atom stereocenters. The number of hydrogen-bond donors (Lipinski definition) is 1. The van der Waals surface area contributed by atoms with Crippen molar-refractivity contribution in [2.24, 2.45) is 5.92 Å². The summed E-state index contributed by atoms with van der Waals surface area (Å²) in [7, 11) is 0. The highest BCUT2D eigenvalue weighted by Gasteiger charge is 2.26. The lowest BCUT2D eigenvalue weighted by Gasteiger charge is -2.28. The Morgan fingerprint density at radius 3 is 2.71 bits per heavy atom. The van der Waals surface area contributed by atoms with E-state index in [-0.39, 0.29) is 0 Å². The van der Waals surface area contributed by atoms with Crippen LogP contribution in [0.25, 0.3) is 0 Å². The second-order valence-electron chi connectivity index (χ2n) is 5.14. The average molecular weight is 235 g/mol. The Kier molecular flexibility index (Phi) is 5.63. The molecule has 1 N–H and O–H groups in total. The molecule has 17 heavy (non-hydrogen) atoms. The molecule has 1 heterocycles. The summed E-state index contributed by atoms with van der Waals surface area (Å²) in [5, 5.41) is 10.5. The first kappa shape index (κ1) is 14.2. The van der Waals surface area contributed by atoms with Crippen LogP contribution >= 0.6 is 0 Å². The smallest absolute Gasteiger partial charge is 0.0886 e. The Bertz CT molecular complexity index is 308. The second kappa shape index (κ2) is 6.75. The maximum atomic E-state index is 10.5. The van der Waals surface area contributed by atoms with Crippen molar-refractivity contribution in [1.29, 1.82) is 0 Å². The Hall–Kier alpha value is -0.890. The maximum Gasteiger partial charge on any atom is 0.0886 e. The lowest BCUT2D eigenvalue weighted by molar-refractivity contribution is 0.0272. The van der Waals surface area contributed by atoms with Crippen molar-refractivity contribution in [2.45, 2.75) is 58.5 Å². The summed E-state index contributed by atoms with van der Waals surface area (Å²) in [6, 6.07) is 3.84. The van der Waals surface area contributed by atoms with Gasteiger partial charge in [0.25, 0.3) is 0 Å². The molecule has 0 radical (unpaired) electrons. The minimum absolute atomic E-state index is 0.602. The van der Waals surface area contributed by atoms with E-state index in [1.165, 1.54) is 19.3 Å². The quantitative estimate of drug-likeness (QED) is 0.777. The van der Waals surface area contributed by atoms with Gasteiger partial charge in [-0.15, -0.1) is 0 Å². The van der Waals surface area contributed by atoms with Gasteiger partial charge in [0, 0.05) is 18.0 Å². The van der Waals surface area contributed by atoms with Crippen LogP contribution < -0.4 is 0 Å². The molecule has 0 aromatic carbocycles. The van der Waals surface area contributed by atoms with Gasteiger partial charge < -0.3 is 5.11 Å². The third-order valence-electron chi connectivity index (χ3n) is 3.51. The van der Waals surface area contributed by atoms with Crippen LogP contribution in [0.5, 0.6) is 0 Å². The topological polar surface area (TPSA) is 33.1 Å². The first-order chi connectivity index (χ1) is 8.10. The number of hydrogen-bond acceptors (Lipinski definition) is 2. The van der Waals surface area contributed by atoms with Gasteiger partial charge in [-0.25, -0.2) is 0 Å². The largest absolute Gasteiger partial charge is 0.385 e. The summed E-state index contributed by atoms with van der Waals surface area (Å²) in [5.41, 5.74) is 0.179. The fraction of sp³-hybridized carbons (Fsp3) is 0.667. The van der Waals surface area contributed by atoms with Gasteiger partial charge in [0.1, 0.15) is 0 Å². The molecule has 0 aliphatic carbocycles. The zero-order valence-electron chi connectivity index (χ0n) is 11.3. The minimum Gasteiger partial charge on any atom is -0.385 e. The van der Waals surface area contributed by atoms with Crippen LogP contribution in [0.2, 0.25) is 0 Å². The van der Waals surface area contributed by atoms with Crippen LogP contribution in [-0.2, 0) is 5.60 Å². The zero-order valence-corrected chi connectivity index (χ0v) is 11.3. The number of rotatable bonds is 7. The summed E-state index contributed by atoms with van der Waals surface area (Å²) in [5.74, 6) is 0.602. The van der Waals surface area contributed by atoms with E-state index in [4.69, 9.17) is 0 Å². The summed E-state index contributed by atoms with van der Waals surface area (Å²) in [6.45, 7) is 6.32. The molecule has 0 spiro atoms. The van der Waals surface area contributed by atoms with Crippen molar-refractivity contribution in [1.82, 2.24) is 4.98 Å². The van der Waals surface area contributed by atoms with E-state index in [0.717, 1.165) is 18.4 Å². The van der Waals surface area contributed by atoms with Crippen molar-refractivity contribution in [3.8, 4) is 0 Å². The Labute approximate surface area is 105 Å². The van der Waals surface area contributed by atoms with Crippen LogP contribution in [0.4, 0.5) is 0 Å². The molecule has 1 aromatic heterocycles. The van der Waals surface area contributed by atoms with Crippen molar-refractivity contribution in [3.05, 3.63) is 30.1 Å². The molecule has 1 aromatic rings. The fourth-order valence-electron chi connectivity index (χ4n) is 2.30. The van der Waals surface area contributed by atoms with Crippen LogP contribution in [0, 0.1) is 5.92 Å². The second-order valence-corrected chi connectivity index (χ2v) is 5.14. The molecule has 0 saturated carbocycles. The highest BCUT2D eigenvalue weighted by Crippen LogP contribution is 2.31. The third-order valence-corrected chi connectivity index (χ3v) is 3.51. The molecule has 2 nitrogen and oxygen atoms in total. The highest BCUT2D eigenvalue weighted by molar-refractivity contribution is 5.16. The van der Waals surface area contributed by atoms with Gasteiger partial charge in [-0.3, -0.25) is 4.98 Å². The van der Waals surface area contributed by atoms with E-state index in [2.05, 4.69) is 18.8 Å². The number of pyridine rings is 1. The van der Waals surface area contributed by atoms with Crippen molar-refractivity contribution >= 4 is 0 Å². The van der Waals surface area contributed by atoms with E-state index in [9.17, 15) is 5.11 Å². The van der Waals surface area contributed by atoms with Gasteiger partial charge in [0.05, 0.1) is 5.60 Å². The molecule has 1 rings (SSSR count).